The molecule has 8 heteroatoms. The summed E-state index contributed by atoms with van der Waals surface area (Å²) < 4.78 is 1.60. The Labute approximate surface area is 162 Å². The van der Waals surface area contributed by atoms with E-state index in [9.17, 15) is 14.4 Å². The highest BCUT2D eigenvalue weighted by Crippen LogP contribution is 2.30. The summed E-state index contributed by atoms with van der Waals surface area (Å²) in [7, 11) is 1.77. The zero-order valence-electron chi connectivity index (χ0n) is 15.8. The lowest BCUT2D eigenvalue weighted by molar-refractivity contribution is -0.117. The monoisotopic (exact) mass is 381 g/mol. The summed E-state index contributed by atoms with van der Waals surface area (Å²) in [5.74, 6) is 0.279. The van der Waals surface area contributed by atoms with Gasteiger partial charge in [0.2, 0.25) is 5.91 Å². The van der Waals surface area contributed by atoms with Crippen LogP contribution in [0.5, 0.6) is 0 Å². The second kappa shape index (κ2) is 7.53. The Morgan fingerprint density at radius 3 is 2.75 bits per heavy atom. The predicted molar refractivity (Wildman–Crippen MR) is 102 cm³/mol. The molecule has 1 unspecified atom stereocenters. The van der Waals surface area contributed by atoms with Crippen molar-refractivity contribution in [3.05, 3.63) is 41.9 Å². The molecule has 2 fully saturated rings. The first kappa shape index (κ1) is 18.3. The molecule has 0 spiro atoms. The fourth-order valence-corrected chi connectivity index (χ4v) is 3.58. The predicted octanol–water partition coefficient (Wildman–Crippen LogP) is 2.04. The van der Waals surface area contributed by atoms with Gasteiger partial charge in [0, 0.05) is 49.9 Å². The third kappa shape index (κ3) is 3.95. The van der Waals surface area contributed by atoms with Crippen molar-refractivity contribution in [3.63, 3.8) is 0 Å². The van der Waals surface area contributed by atoms with Gasteiger partial charge in [-0.3, -0.25) is 19.1 Å². The standard InChI is InChI=1S/C20H23N5O3/c1-24-12-15(11-22-24)17(26)10-16-3-2-8-25(16)20(28)14-6-7-21-18(9-14)23-19(27)13-4-5-13/h6-7,9,11-13,16H,2-5,8,10H2,1H3,(H,21,23,27). The van der Waals surface area contributed by atoms with E-state index in [1.807, 2.05) is 0 Å². The lowest BCUT2D eigenvalue weighted by Crippen LogP contribution is -2.37. The van der Waals surface area contributed by atoms with Gasteiger partial charge < -0.3 is 10.2 Å². The Bertz CT molecular complexity index is 918. The number of rotatable bonds is 6. The number of pyridine rings is 1. The Hall–Kier alpha value is -3.03. The quantitative estimate of drug-likeness (QED) is 0.773. The maximum atomic E-state index is 13.0. The van der Waals surface area contributed by atoms with Crippen molar-refractivity contribution in [2.75, 3.05) is 11.9 Å². The van der Waals surface area contributed by atoms with Gasteiger partial charge in [0.05, 0.1) is 11.8 Å². The number of nitrogens with one attached hydrogen (secondary N) is 1. The first-order chi connectivity index (χ1) is 13.5. The van der Waals surface area contributed by atoms with Gasteiger partial charge >= 0.3 is 0 Å². The number of likely N-dealkylation sites (tertiary alicyclic amines) is 1. The smallest absolute Gasteiger partial charge is 0.254 e. The third-order valence-corrected chi connectivity index (χ3v) is 5.29. The Morgan fingerprint density at radius 2 is 2.04 bits per heavy atom. The van der Waals surface area contributed by atoms with Crippen LogP contribution in [0.2, 0.25) is 0 Å². The molecule has 1 saturated carbocycles. The number of carbonyl (C=O) groups excluding carboxylic acids is 3. The minimum absolute atomic E-state index is 0.00934. The van der Waals surface area contributed by atoms with Crippen LogP contribution in [-0.2, 0) is 11.8 Å². The second-order valence-corrected chi connectivity index (χ2v) is 7.52. The van der Waals surface area contributed by atoms with Crippen LogP contribution < -0.4 is 5.32 Å². The maximum Gasteiger partial charge on any atom is 0.254 e. The van der Waals surface area contributed by atoms with Gasteiger partial charge in [0.25, 0.3) is 5.91 Å². The van der Waals surface area contributed by atoms with Crippen LogP contribution in [0, 0.1) is 5.92 Å². The number of aryl methyl sites for hydroxylation is 1. The summed E-state index contributed by atoms with van der Waals surface area (Å²) in [5.41, 5.74) is 1.04. The molecule has 1 aliphatic carbocycles. The summed E-state index contributed by atoms with van der Waals surface area (Å²) in [4.78, 5) is 43.4. The van der Waals surface area contributed by atoms with E-state index >= 15 is 0 Å². The van der Waals surface area contributed by atoms with Crippen LogP contribution in [0.15, 0.2) is 30.7 Å². The van der Waals surface area contributed by atoms with E-state index in [0.717, 1.165) is 25.7 Å². The number of nitrogens with zero attached hydrogens (tertiary/aromatic N) is 4. The van der Waals surface area contributed by atoms with E-state index in [1.165, 1.54) is 6.20 Å². The van der Waals surface area contributed by atoms with Gasteiger partial charge in [0.1, 0.15) is 5.82 Å². The Kier molecular flexibility index (Phi) is 4.93. The van der Waals surface area contributed by atoms with Gasteiger partial charge in [-0.15, -0.1) is 0 Å². The molecule has 1 aliphatic heterocycles. The van der Waals surface area contributed by atoms with Crippen LogP contribution >= 0.6 is 0 Å². The van der Waals surface area contributed by atoms with Gasteiger partial charge in [-0.05, 0) is 37.8 Å². The van der Waals surface area contributed by atoms with Gasteiger partial charge in [-0.2, -0.15) is 5.10 Å². The molecular formula is C20H23N5O3. The number of hydrogen-bond donors (Lipinski definition) is 1. The van der Waals surface area contributed by atoms with Crippen LogP contribution in [0.25, 0.3) is 0 Å². The molecule has 1 N–H and O–H groups in total. The average Bonchev–Trinajstić information content (AvgIpc) is 3.30. The van der Waals surface area contributed by atoms with E-state index in [-0.39, 0.29) is 36.0 Å². The molecular weight excluding hydrogens is 358 g/mol. The maximum absolute atomic E-state index is 13.0. The SMILES string of the molecule is Cn1cc(C(=O)CC2CCCN2C(=O)c2ccnc(NC(=O)C3CC3)c2)cn1. The highest BCUT2D eigenvalue weighted by Gasteiger charge is 2.32. The number of ketones is 1. The molecule has 28 heavy (non-hydrogen) atoms. The van der Waals surface area contributed by atoms with Crippen molar-refractivity contribution < 1.29 is 14.4 Å². The minimum Gasteiger partial charge on any atom is -0.335 e. The number of amides is 2. The number of hydrogen-bond acceptors (Lipinski definition) is 5. The summed E-state index contributed by atoms with van der Waals surface area (Å²) in [6.07, 6.45) is 8.55. The summed E-state index contributed by atoms with van der Waals surface area (Å²) >= 11 is 0. The summed E-state index contributed by atoms with van der Waals surface area (Å²) in [6.45, 7) is 0.621. The fraction of sp³-hybridized carbons (Fsp3) is 0.450. The van der Waals surface area contributed by atoms with E-state index in [0.29, 0.717) is 23.5 Å². The molecule has 1 saturated heterocycles. The van der Waals surface area contributed by atoms with Crippen molar-refractivity contribution >= 4 is 23.4 Å². The summed E-state index contributed by atoms with van der Waals surface area (Å²) in [6, 6.07) is 3.13. The van der Waals surface area contributed by atoms with Gasteiger partial charge in [-0.25, -0.2) is 4.98 Å². The number of carbonyl (C=O) groups is 3. The van der Waals surface area contributed by atoms with Gasteiger partial charge in [-0.1, -0.05) is 0 Å². The topological polar surface area (TPSA) is 97.2 Å². The van der Waals surface area contributed by atoms with Crippen molar-refractivity contribution in [1.82, 2.24) is 19.7 Å². The number of Topliss-reactive ketones (excluding diaryl/α,β-unsaturated/α-hetero) is 1. The van der Waals surface area contributed by atoms with Gasteiger partial charge in [0.15, 0.2) is 5.78 Å². The first-order valence-electron chi connectivity index (χ1n) is 9.61. The highest BCUT2D eigenvalue weighted by atomic mass is 16.2. The Balaban J connectivity index is 1.44. The number of anilines is 1. The normalized spacial score (nSPS) is 18.9. The lowest BCUT2D eigenvalue weighted by Gasteiger charge is -2.24. The van der Waals surface area contributed by atoms with Crippen LogP contribution in [0.1, 0.15) is 52.8 Å². The molecule has 0 bridgehead atoms. The van der Waals surface area contributed by atoms with Crippen LogP contribution in [-0.4, -0.2) is 49.8 Å². The molecule has 8 nitrogen and oxygen atoms in total. The first-order valence-corrected chi connectivity index (χ1v) is 9.61. The van der Waals surface area contributed by atoms with E-state index in [1.54, 1.807) is 41.2 Å². The van der Waals surface area contributed by atoms with Crippen molar-refractivity contribution in [2.45, 2.75) is 38.1 Å². The minimum atomic E-state index is -0.134. The zero-order valence-corrected chi connectivity index (χ0v) is 15.8. The number of aromatic nitrogens is 3. The molecule has 2 aliphatic rings. The average molecular weight is 381 g/mol. The van der Waals surface area contributed by atoms with Crippen molar-refractivity contribution in [1.29, 1.82) is 0 Å². The molecule has 1 atom stereocenters. The zero-order chi connectivity index (χ0) is 19.7. The molecule has 0 aromatic carbocycles. The largest absolute Gasteiger partial charge is 0.335 e. The third-order valence-electron chi connectivity index (χ3n) is 5.29. The molecule has 2 aromatic heterocycles. The molecule has 2 aromatic rings. The molecule has 0 radical (unpaired) electrons. The van der Waals surface area contributed by atoms with E-state index in [4.69, 9.17) is 0 Å². The summed E-state index contributed by atoms with van der Waals surface area (Å²) in [5, 5.41) is 6.81. The molecule has 2 amide bonds. The van der Waals surface area contributed by atoms with Crippen LogP contribution in [0.3, 0.4) is 0 Å². The van der Waals surface area contributed by atoms with Crippen molar-refractivity contribution in [3.8, 4) is 0 Å². The lowest BCUT2D eigenvalue weighted by atomic mass is 10.0. The van der Waals surface area contributed by atoms with Crippen molar-refractivity contribution in [2.24, 2.45) is 13.0 Å². The Morgan fingerprint density at radius 1 is 1.21 bits per heavy atom. The highest BCUT2D eigenvalue weighted by molar-refractivity contribution is 5.99. The molecule has 146 valence electrons. The van der Waals surface area contributed by atoms with Crippen LogP contribution in [0.4, 0.5) is 5.82 Å². The van der Waals surface area contributed by atoms with E-state index in [2.05, 4.69) is 15.4 Å². The molecule has 4 rings (SSSR count). The fourth-order valence-electron chi connectivity index (χ4n) is 3.58. The second-order valence-electron chi connectivity index (χ2n) is 7.52. The van der Waals surface area contributed by atoms with E-state index < -0.39 is 0 Å². The molecule has 3 heterocycles.